The topological polar surface area (TPSA) is 93.1 Å². The number of likely N-dealkylation sites (tertiary alicyclic amines) is 1. The number of amides is 1. The summed E-state index contributed by atoms with van der Waals surface area (Å²) in [4.78, 5) is 31.8. The molecule has 0 aliphatic carbocycles. The highest BCUT2D eigenvalue weighted by atomic mass is 16.5. The van der Waals surface area contributed by atoms with Gasteiger partial charge in [-0.2, -0.15) is 0 Å². The lowest BCUT2D eigenvalue weighted by atomic mass is 10.1. The van der Waals surface area contributed by atoms with Crippen LogP contribution in [0, 0.1) is 20.8 Å². The molecule has 0 spiro atoms. The SMILES string of the molecule is COCC(=O)N1CC[C@H](c2nc(C)cc(Nc3nc(C)cc(C)n3)n2)C1. The average Bonchev–Trinajstić information content (AvgIpc) is 3.03. The van der Waals surface area contributed by atoms with Crippen LogP contribution in [0.5, 0.6) is 0 Å². The van der Waals surface area contributed by atoms with Crippen LogP contribution < -0.4 is 5.32 Å². The van der Waals surface area contributed by atoms with Crippen LogP contribution in [-0.4, -0.2) is 57.5 Å². The minimum atomic E-state index is 0.00429. The number of anilines is 2. The molecule has 0 radical (unpaired) electrons. The smallest absolute Gasteiger partial charge is 0.248 e. The van der Waals surface area contributed by atoms with Gasteiger partial charge < -0.3 is 15.0 Å². The Hall–Kier alpha value is -2.61. The van der Waals surface area contributed by atoms with E-state index in [-0.39, 0.29) is 18.4 Å². The van der Waals surface area contributed by atoms with Crippen LogP contribution in [0.1, 0.15) is 35.2 Å². The van der Waals surface area contributed by atoms with Crippen molar-refractivity contribution in [2.45, 2.75) is 33.1 Å². The Morgan fingerprint density at radius 1 is 1.15 bits per heavy atom. The predicted octanol–water partition coefficient (Wildman–Crippen LogP) is 1.90. The summed E-state index contributed by atoms with van der Waals surface area (Å²) in [5, 5.41) is 3.17. The van der Waals surface area contributed by atoms with E-state index in [1.165, 1.54) is 7.11 Å². The van der Waals surface area contributed by atoms with Gasteiger partial charge in [-0.1, -0.05) is 0 Å². The third kappa shape index (κ3) is 4.32. The van der Waals surface area contributed by atoms with Crippen molar-refractivity contribution in [3.8, 4) is 0 Å². The van der Waals surface area contributed by atoms with Gasteiger partial charge in [-0.25, -0.2) is 19.9 Å². The van der Waals surface area contributed by atoms with Gasteiger partial charge in [0.1, 0.15) is 18.2 Å². The summed E-state index contributed by atoms with van der Waals surface area (Å²) < 4.78 is 4.93. The minimum absolute atomic E-state index is 0.00429. The van der Waals surface area contributed by atoms with E-state index in [0.717, 1.165) is 29.3 Å². The number of methoxy groups -OCH3 is 1. The number of hydrogen-bond acceptors (Lipinski definition) is 7. The molecule has 2 aromatic heterocycles. The van der Waals surface area contributed by atoms with Crippen LogP contribution in [0.25, 0.3) is 0 Å². The maximum atomic E-state index is 12.0. The molecule has 0 bridgehead atoms. The molecular weight excluding hydrogens is 332 g/mol. The molecule has 1 amide bonds. The molecule has 1 saturated heterocycles. The molecule has 1 N–H and O–H groups in total. The summed E-state index contributed by atoms with van der Waals surface area (Å²) in [5.74, 6) is 2.06. The number of carbonyl (C=O) groups excluding carboxylic acids is 1. The van der Waals surface area contributed by atoms with Crippen molar-refractivity contribution in [1.82, 2.24) is 24.8 Å². The molecular formula is C18H24N6O2. The van der Waals surface area contributed by atoms with Gasteiger partial charge >= 0.3 is 0 Å². The summed E-state index contributed by atoms with van der Waals surface area (Å²) in [5.41, 5.74) is 2.66. The number of aryl methyl sites for hydroxylation is 3. The molecule has 1 aliphatic heterocycles. The molecule has 1 aliphatic rings. The second-order valence-electron chi connectivity index (χ2n) is 6.61. The fourth-order valence-electron chi connectivity index (χ4n) is 3.15. The molecule has 8 nitrogen and oxygen atoms in total. The number of rotatable bonds is 5. The third-order valence-electron chi connectivity index (χ3n) is 4.27. The molecule has 3 heterocycles. The third-order valence-corrected chi connectivity index (χ3v) is 4.27. The van der Waals surface area contributed by atoms with Crippen LogP contribution in [-0.2, 0) is 9.53 Å². The Bertz CT molecular complexity index is 790. The highest BCUT2D eigenvalue weighted by molar-refractivity contribution is 5.77. The number of carbonyl (C=O) groups is 1. The Morgan fingerprint density at radius 2 is 1.85 bits per heavy atom. The Labute approximate surface area is 153 Å². The molecule has 0 unspecified atom stereocenters. The first kappa shape index (κ1) is 18.2. The van der Waals surface area contributed by atoms with E-state index in [0.29, 0.717) is 24.9 Å². The maximum absolute atomic E-state index is 12.0. The van der Waals surface area contributed by atoms with E-state index in [2.05, 4.69) is 25.3 Å². The fraction of sp³-hybridized carbons (Fsp3) is 0.500. The summed E-state index contributed by atoms with van der Waals surface area (Å²) >= 11 is 0. The van der Waals surface area contributed by atoms with Crippen LogP contribution in [0.3, 0.4) is 0 Å². The van der Waals surface area contributed by atoms with Gasteiger partial charge in [-0.3, -0.25) is 4.79 Å². The Kier molecular flexibility index (Phi) is 5.41. The Morgan fingerprint density at radius 3 is 2.54 bits per heavy atom. The van der Waals surface area contributed by atoms with Crippen LogP contribution in [0.4, 0.5) is 11.8 Å². The highest BCUT2D eigenvalue weighted by Crippen LogP contribution is 2.26. The number of aromatic nitrogens is 4. The van der Waals surface area contributed by atoms with Crippen LogP contribution in [0.2, 0.25) is 0 Å². The molecule has 0 aromatic carbocycles. The van der Waals surface area contributed by atoms with Gasteiger partial charge in [0.15, 0.2) is 0 Å². The number of nitrogens with one attached hydrogen (secondary N) is 1. The van der Waals surface area contributed by atoms with Crippen molar-refractivity contribution >= 4 is 17.7 Å². The molecule has 2 aromatic rings. The first-order valence-electron chi connectivity index (χ1n) is 8.66. The number of nitrogens with zero attached hydrogens (tertiary/aromatic N) is 5. The maximum Gasteiger partial charge on any atom is 0.248 e. The molecule has 8 heteroatoms. The molecule has 138 valence electrons. The number of hydrogen-bond donors (Lipinski definition) is 1. The quantitative estimate of drug-likeness (QED) is 0.874. The predicted molar refractivity (Wildman–Crippen MR) is 97.4 cm³/mol. The first-order chi connectivity index (χ1) is 12.4. The lowest BCUT2D eigenvalue weighted by Crippen LogP contribution is -2.31. The van der Waals surface area contributed by atoms with Crippen LogP contribution in [0.15, 0.2) is 12.1 Å². The summed E-state index contributed by atoms with van der Waals surface area (Å²) in [6.07, 6.45) is 0.846. The van der Waals surface area contributed by atoms with E-state index in [1.54, 1.807) is 4.90 Å². The molecule has 26 heavy (non-hydrogen) atoms. The van der Waals surface area contributed by atoms with E-state index >= 15 is 0 Å². The lowest BCUT2D eigenvalue weighted by molar-refractivity contribution is -0.134. The average molecular weight is 356 g/mol. The minimum Gasteiger partial charge on any atom is -0.375 e. The van der Waals surface area contributed by atoms with Gasteiger partial charge in [-0.15, -0.1) is 0 Å². The molecule has 1 atom stereocenters. The van der Waals surface area contributed by atoms with Crippen molar-refractivity contribution in [3.05, 3.63) is 35.0 Å². The monoisotopic (exact) mass is 356 g/mol. The zero-order valence-electron chi connectivity index (χ0n) is 15.6. The Balaban J connectivity index is 1.77. The zero-order chi connectivity index (χ0) is 18.7. The molecule has 3 rings (SSSR count). The summed E-state index contributed by atoms with van der Waals surface area (Å²) in [6.45, 7) is 7.22. The normalized spacial score (nSPS) is 16.8. The van der Waals surface area contributed by atoms with E-state index < -0.39 is 0 Å². The van der Waals surface area contributed by atoms with Gasteiger partial charge in [0, 0.05) is 49.3 Å². The van der Waals surface area contributed by atoms with E-state index in [4.69, 9.17) is 4.74 Å². The lowest BCUT2D eigenvalue weighted by Gasteiger charge is -2.16. The highest BCUT2D eigenvalue weighted by Gasteiger charge is 2.29. The summed E-state index contributed by atoms with van der Waals surface area (Å²) in [7, 11) is 1.53. The van der Waals surface area contributed by atoms with Crippen LogP contribution >= 0.6 is 0 Å². The van der Waals surface area contributed by atoms with Gasteiger partial charge in [-0.05, 0) is 33.3 Å². The largest absolute Gasteiger partial charge is 0.375 e. The van der Waals surface area contributed by atoms with Crippen molar-refractivity contribution in [2.75, 3.05) is 32.1 Å². The van der Waals surface area contributed by atoms with Crippen molar-refractivity contribution < 1.29 is 9.53 Å². The zero-order valence-corrected chi connectivity index (χ0v) is 15.6. The van der Waals surface area contributed by atoms with Crippen molar-refractivity contribution in [1.29, 1.82) is 0 Å². The van der Waals surface area contributed by atoms with Crippen molar-refractivity contribution in [2.24, 2.45) is 0 Å². The van der Waals surface area contributed by atoms with E-state index in [1.807, 2.05) is 32.9 Å². The van der Waals surface area contributed by atoms with E-state index in [9.17, 15) is 4.79 Å². The summed E-state index contributed by atoms with van der Waals surface area (Å²) in [6, 6.07) is 3.79. The second kappa shape index (κ2) is 7.74. The van der Waals surface area contributed by atoms with Crippen molar-refractivity contribution in [3.63, 3.8) is 0 Å². The second-order valence-corrected chi connectivity index (χ2v) is 6.61. The first-order valence-corrected chi connectivity index (χ1v) is 8.66. The fourth-order valence-corrected chi connectivity index (χ4v) is 3.15. The standard InChI is InChI=1S/C18H24N6O2/c1-11-7-12(2)21-18(20-11)23-15-8-13(3)19-17(22-15)14-5-6-24(9-14)16(25)10-26-4/h7-8,14H,5-6,9-10H2,1-4H3,(H,19,20,21,22,23)/t14-/m0/s1. The molecule has 0 saturated carbocycles. The van der Waals surface area contributed by atoms with Gasteiger partial charge in [0.25, 0.3) is 0 Å². The van der Waals surface area contributed by atoms with Gasteiger partial charge in [0.05, 0.1) is 0 Å². The number of ether oxygens (including phenoxy) is 1. The van der Waals surface area contributed by atoms with Gasteiger partial charge in [0.2, 0.25) is 11.9 Å². The molecule has 1 fully saturated rings.